The Morgan fingerprint density at radius 3 is 1.02 bits per heavy atom. The van der Waals surface area contributed by atoms with E-state index in [-0.39, 0.29) is 0 Å². The number of piperazine rings is 1. The van der Waals surface area contributed by atoms with E-state index in [9.17, 15) is 0 Å². The summed E-state index contributed by atoms with van der Waals surface area (Å²) in [4.78, 5) is 52.7. The average Bonchev–Trinajstić information content (AvgIpc) is 1.66. The maximum Gasteiger partial charge on any atom is 0.136 e. The lowest BCUT2D eigenvalue weighted by atomic mass is 9.96. The van der Waals surface area contributed by atoms with Crippen molar-refractivity contribution in [3.8, 4) is 89.4 Å². The number of nitrogens with zero attached hydrogens (tertiary/aromatic N) is 17. The van der Waals surface area contributed by atoms with Crippen molar-refractivity contribution in [2.45, 2.75) is 98.8 Å². The highest BCUT2D eigenvalue weighted by Gasteiger charge is 2.20. The Balaban J connectivity index is 0.000000141. The van der Waals surface area contributed by atoms with E-state index in [1.165, 1.54) is 22.3 Å². The number of hydrogen-bond donors (Lipinski definition) is 3. The Morgan fingerprint density at radius 2 is 0.657 bits per heavy atom. The van der Waals surface area contributed by atoms with E-state index in [1.54, 1.807) is 60.1 Å². The smallest absolute Gasteiger partial charge is 0.136 e. The van der Waals surface area contributed by atoms with Crippen LogP contribution in [0.1, 0.15) is 127 Å². The number of nitrogens with two attached hydrogens (primary N) is 3. The number of likely N-dealkylation sites (N-methyl/N-ethyl adjacent to an activating group) is 1. The zero-order chi connectivity index (χ0) is 74.8. The van der Waals surface area contributed by atoms with Crippen molar-refractivity contribution in [2.24, 2.45) is 14.1 Å². The standard InChI is InChI=1S/C18H23ClN4.C18H19N5.C18H17N3.C16H19N5.C13H14ClN3/c1-13(2)15-10-16(18(19)21-12-15)14-4-5-17(20-11-14)23-8-6-22(3)7-9-23;1-11(2)14-7-15(12-3-5-16(19)21-8-12)18(23-10-14)13-4-6-17(20)22-9-13;1-13(2)16-9-17(14-5-3-7-19-10-14)18(21-12-16)15-6-4-8-20-11-15;1-11(2)12-5-15(13-7-18-20(3)9-13)16(17-6-12)14-8-19-21(4)10-14;1-8(2)10-5-11(13(14)17-7-10)9-3-4-12(15)16-6-9/h4-5,10-13H,6-9H2,1-3H3;3-11H,1-2H3,(H2,19,21)(H2,20,22);3-13H,1-2H3;5-11H,1-4H3;3-8H,1-2H3,(H2,15,16). The lowest BCUT2D eigenvalue weighted by Crippen LogP contribution is -2.44. The first-order valence-electron chi connectivity index (χ1n) is 35.1. The van der Waals surface area contributed by atoms with Gasteiger partial charge in [-0.15, -0.1) is 0 Å². The number of aromatic nitrogens is 15. The van der Waals surface area contributed by atoms with Crippen molar-refractivity contribution in [3.05, 3.63) is 247 Å². The number of rotatable bonds is 14. The molecule has 0 amide bonds. The summed E-state index contributed by atoms with van der Waals surface area (Å²) in [6, 6.07) is 34.0. The second kappa shape index (κ2) is 35.8. The lowest BCUT2D eigenvalue weighted by molar-refractivity contribution is 0.312. The summed E-state index contributed by atoms with van der Waals surface area (Å²) in [7, 11) is 5.99. The van der Waals surface area contributed by atoms with Crippen molar-refractivity contribution in [1.82, 2.24) is 79.3 Å². The van der Waals surface area contributed by atoms with Gasteiger partial charge in [0.2, 0.25) is 0 Å². The first-order valence-corrected chi connectivity index (χ1v) is 35.9. The Bertz CT molecular complexity index is 4920. The van der Waals surface area contributed by atoms with Crippen LogP contribution in [0.25, 0.3) is 89.4 Å². The molecule has 1 aliphatic rings. The summed E-state index contributed by atoms with van der Waals surface area (Å²) in [6.45, 7) is 25.7. The number of nitrogen functional groups attached to an aromatic ring is 3. The van der Waals surface area contributed by atoms with E-state index in [1.807, 2.05) is 129 Å². The van der Waals surface area contributed by atoms with E-state index < -0.39 is 0 Å². The minimum atomic E-state index is 0.390. The maximum atomic E-state index is 6.29. The SMILES string of the molecule is CC(C)c1cnc(-c2ccc(N)nc2)c(-c2ccc(N)nc2)c1.CC(C)c1cnc(-c2cccnc2)c(-c2cccnc2)c1.CC(C)c1cnc(-c2cnn(C)c2)c(-c2cnn(C)c2)c1.CC(C)c1cnc(Cl)c(-c2ccc(N)nc2)c1.CC(C)c1cnc(Cl)c(-c2ccc(N3CCN(C)CC3)nc2)c1. The van der Waals surface area contributed by atoms with Gasteiger partial charge in [0.05, 0.1) is 29.5 Å². The van der Waals surface area contributed by atoms with E-state index in [2.05, 4.69) is 194 Å². The Kier molecular flexibility index (Phi) is 26.1. The van der Waals surface area contributed by atoms with Crippen LogP contribution >= 0.6 is 23.2 Å². The van der Waals surface area contributed by atoms with Crippen LogP contribution in [0.3, 0.4) is 0 Å². The Labute approximate surface area is 626 Å². The van der Waals surface area contributed by atoms with Gasteiger partial charge in [-0.25, -0.2) is 29.9 Å². The molecule has 1 aliphatic heterocycles. The molecular weight excluding hydrogens is 1350 g/mol. The zero-order valence-corrected chi connectivity index (χ0v) is 63.4. The van der Waals surface area contributed by atoms with Crippen LogP contribution in [0.5, 0.6) is 0 Å². The predicted octanol–water partition coefficient (Wildman–Crippen LogP) is 18.0. The van der Waals surface area contributed by atoms with Gasteiger partial charge in [0.25, 0.3) is 0 Å². The number of halogens is 2. The van der Waals surface area contributed by atoms with Gasteiger partial charge in [0.1, 0.15) is 33.6 Å². The van der Waals surface area contributed by atoms with Crippen LogP contribution < -0.4 is 22.1 Å². The number of anilines is 4. The van der Waals surface area contributed by atoms with Crippen molar-refractivity contribution >= 4 is 46.5 Å². The van der Waals surface area contributed by atoms with E-state index in [4.69, 9.17) is 40.4 Å². The molecule has 0 bridgehead atoms. The Morgan fingerprint density at radius 1 is 0.324 bits per heavy atom. The summed E-state index contributed by atoms with van der Waals surface area (Å²) in [5.41, 5.74) is 38.7. The molecule has 20 nitrogen and oxygen atoms in total. The quantitative estimate of drug-likeness (QED) is 0.0854. The number of aryl methyl sites for hydroxylation is 2. The second-order valence-corrected chi connectivity index (χ2v) is 28.1. The molecule has 6 N–H and O–H groups in total. The van der Waals surface area contributed by atoms with Gasteiger partial charge in [-0.2, -0.15) is 10.2 Å². The minimum absolute atomic E-state index is 0.390. The van der Waals surface area contributed by atoms with Gasteiger partial charge in [-0.05, 0) is 162 Å². The van der Waals surface area contributed by atoms with Crippen LogP contribution in [0.2, 0.25) is 10.3 Å². The van der Waals surface area contributed by atoms with E-state index in [0.29, 0.717) is 57.3 Å². The second-order valence-electron chi connectivity index (χ2n) is 27.4. The van der Waals surface area contributed by atoms with Gasteiger partial charge >= 0.3 is 0 Å². The van der Waals surface area contributed by atoms with Crippen LogP contribution in [0, 0.1) is 0 Å². The molecular formula is C83H92Cl2N20. The molecule has 0 atom stereocenters. The number of pyridine rings is 11. The highest BCUT2D eigenvalue weighted by atomic mass is 35.5. The molecule has 1 fully saturated rings. The molecule has 0 saturated carbocycles. The first kappa shape index (κ1) is 76.4. The monoisotopic (exact) mass is 1440 g/mol. The minimum Gasteiger partial charge on any atom is -0.384 e. The molecule has 538 valence electrons. The molecule has 0 aromatic carbocycles. The molecule has 0 aliphatic carbocycles. The lowest BCUT2D eigenvalue weighted by Gasteiger charge is -2.33. The van der Waals surface area contributed by atoms with Gasteiger partial charge in [-0.1, -0.05) is 98.5 Å². The number of hydrogen-bond acceptors (Lipinski definition) is 18. The molecule has 0 spiro atoms. The molecule has 13 aromatic rings. The molecule has 13 aromatic heterocycles. The van der Waals surface area contributed by atoms with Crippen molar-refractivity contribution in [2.75, 3.05) is 55.3 Å². The fourth-order valence-corrected chi connectivity index (χ4v) is 11.7. The summed E-state index contributed by atoms with van der Waals surface area (Å²) < 4.78 is 3.60. The van der Waals surface area contributed by atoms with Crippen LogP contribution in [0.15, 0.2) is 208 Å². The molecule has 1 saturated heterocycles. The largest absolute Gasteiger partial charge is 0.384 e. The summed E-state index contributed by atoms with van der Waals surface area (Å²) in [5, 5.41) is 9.54. The van der Waals surface area contributed by atoms with Gasteiger partial charge in [0, 0.05) is 206 Å². The van der Waals surface area contributed by atoms with Gasteiger partial charge in [-0.3, -0.25) is 34.3 Å². The molecule has 14 rings (SSSR count). The third-order valence-corrected chi connectivity index (χ3v) is 18.4. The summed E-state index contributed by atoms with van der Waals surface area (Å²) in [5.74, 6) is 4.63. The highest BCUT2D eigenvalue weighted by Crippen LogP contribution is 2.37. The van der Waals surface area contributed by atoms with Crippen LogP contribution in [-0.4, -0.2) is 113 Å². The van der Waals surface area contributed by atoms with E-state index >= 15 is 0 Å². The highest BCUT2D eigenvalue weighted by molar-refractivity contribution is 6.32. The predicted molar refractivity (Wildman–Crippen MR) is 428 cm³/mol. The normalized spacial score (nSPS) is 12.1. The van der Waals surface area contributed by atoms with Gasteiger partial charge < -0.3 is 27.0 Å². The topological polar surface area (TPSA) is 262 Å². The fourth-order valence-electron chi connectivity index (χ4n) is 11.3. The molecule has 0 radical (unpaired) electrons. The summed E-state index contributed by atoms with van der Waals surface area (Å²) in [6.07, 6.45) is 31.6. The van der Waals surface area contributed by atoms with Gasteiger partial charge in [0.15, 0.2) is 0 Å². The average molecular weight is 1440 g/mol. The van der Waals surface area contributed by atoms with Crippen molar-refractivity contribution in [1.29, 1.82) is 0 Å². The first-order chi connectivity index (χ1) is 50.5. The fraction of sp³-hybridized carbons (Fsp3) is 0.265. The maximum absolute atomic E-state index is 6.29. The third kappa shape index (κ3) is 20.4. The summed E-state index contributed by atoms with van der Waals surface area (Å²) >= 11 is 12.4. The molecule has 14 heterocycles. The van der Waals surface area contributed by atoms with Crippen molar-refractivity contribution < 1.29 is 0 Å². The molecule has 22 heteroatoms. The third-order valence-electron chi connectivity index (χ3n) is 17.8. The van der Waals surface area contributed by atoms with Crippen molar-refractivity contribution in [3.63, 3.8) is 0 Å². The Hall–Kier alpha value is -11.2. The van der Waals surface area contributed by atoms with Crippen LogP contribution in [-0.2, 0) is 14.1 Å². The zero-order valence-electron chi connectivity index (χ0n) is 61.9. The van der Waals surface area contributed by atoms with E-state index in [0.717, 1.165) is 127 Å². The molecule has 0 unspecified atom stereocenters. The molecule has 105 heavy (non-hydrogen) atoms. The van der Waals surface area contributed by atoms with Crippen LogP contribution in [0.4, 0.5) is 23.3 Å².